The number of carbonyl (C=O) groups is 1. The van der Waals surface area contributed by atoms with E-state index in [4.69, 9.17) is 4.74 Å². The molecule has 1 aromatic carbocycles. The molecule has 0 saturated carbocycles. The summed E-state index contributed by atoms with van der Waals surface area (Å²) < 4.78 is 5.39. The minimum absolute atomic E-state index is 0.0889. The number of nitrogens with zero attached hydrogens (tertiary/aromatic N) is 1. The summed E-state index contributed by atoms with van der Waals surface area (Å²) in [5, 5.41) is 0.0889. The van der Waals surface area contributed by atoms with E-state index in [9.17, 15) is 4.79 Å². The number of para-hydroxylation sites is 1. The maximum atomic E-state index is 11.6. The number of carbonyl (C=O) groups excluding carboxylic acids is 1. The van der Waals surface area contributed by atoms with E-state index in [0.29, 0.717) is 0 Å². The molecular formula is C14H21NO2S. The summed E-state index contributed by atoms with van der Waals surface area (Å²) in [4.78, 5) is 13.9. The number of ether oxygens (including phenoxy) is 1. The maximum Gasteiger partial charge on any atom is 0.226 e. The number of hydrogen-bond acceptors (Lipinski definition) is 4. The first-order valence-electron chi connectivity index (χ1n) is 6.32. The zero-order valence-corrected chi connectivity index (χ0v) is 11.9. The van der Waals surface area contributed by atoms with Crippen LogP contribution in [0.4, 0.5) is 0 Å². The molecule has 0 aromatic heterocycles. The van der Waals surface area contributed by atoms with E-state index in [1.165, 1.54) is 11.8 Å². The van der Waals surface area contributed by atoms with Crippen molar-refractivity contribution >= 4 is 16.9 Å². The van der Waals surface area contributed by atoms with Gasteiger partial charge in [0.25, 0.3) is 0 Å². The van der Waals surface area contributed by atoms with Gasteiger partial charge < -0.3 is 9.64 Å². The van der Waals surface area contributed by atoms with Crippen LogP contribution in [0.1, 0.15) is 13.8 Å². The molecule has 0 bridgehead atoms. The van der Waals surface area contributed by atoms with Crippen molar-refractivity contribution in [2.45, 2.75) is 13.8 Å². The predicted molar refractivity (Wildman–Crippen MR) is 77.2 cm³/mol. The molecule has 0 fully saturated rings. The average molecular weight is 267 g/mol. The van der Waals surface area contributed by atoms with E-state index < -0.39 is 0 Å². The van der Waals surface area contributed by atoms with Gasteiger partial charge >= 0.3 is 0 Å². The Kier molecular flexibility index (Phi) is 7.53. The second-order valence-corrected chi connectivity index (χ2v) is 5.00. The Bertz CT molecular complexity index is 339. The fourth-order valence-electron chi connectivity index (χ4n) is 1.53. The molecule has 3 nitrogen and oxygen atoms in total. The van der Waals surface area contributed by atoms with Gasteiger partial charge in [-0.15, -0.1) is 0 Å². The first kappa shape index (κ1) is 15.1. The van der Waals surface area contributed by atoms with E-state index in [1.54, 1.807) is 0 Å². The number of hydrogen-bond donors (Lipinski definition) is 0. The smallest absolute Gasteiger partial charge is 0.226 e. The van der Waals surface area contributed by atoms with E-state index in [1.807, 2.05) is 30.3 Å². The molecule has 4 heteroatoms. The highest BCUT2D eigenvalue weighted by molar-refractivity contribution is 8.13. The number of rotatable bonds is 8. The molecule has 0 aliphatic carbocycles. The van der Waals surface area contributed by atoms with Gasteiger partial charge in [0.15, 0.2) is 6.61 Å². The molecule has 100 valence electrons. The third-order valence-electron chi connectivity index (χ3n) is 2.66. The zero-order valence-electron chi connectivity index (χ0n) is 11.1. The maximum absolute atomic E-state index is 11.6. The summed E-state index contributed by atoms with van der Waals surface area (Å²) in [6, 6.07) is 9.43. The third kappa shape index (κ3) is 6.07. The van der Waals surface area contributed by atoms with Crippen LogP contribution in [0.3, 0.4) is 0 Å². The zero-order chi connectivity index (χ0) is 13.2. The molecule has 0 atom stereocenters. The van der Waals surface area contributed by atoms with Crippen LogP contribution >= 0.6 is 11.8 Å². The molecule has 0 saturated heterocycles. The Morgan fingerprint density at radius 3 is 2.50 bits per heavy atom. The van der Waals surface area contributed by atoms with Crippen molar-refractivity contribution in [1.29, 1.82) is 0 Å². The Morgan fingerprint density at radius 1 is 1.22 bits per heavy atom. The molecule has 0 aliphatic rings. The van der Waals surface area contributed by atoms with Gasteiger partial charge in [0.2, 0.25) is 5.12 Å². The Hall–Kier alpha value is -1.00. The Balaban J connectivity index is 2.14. The minimum atomic E-state index is 0.0889. The van der Waals surface area contributed by atoms with Crippen molar-refractivity contribution in [2.75, 3.05) is 32.0 Å². The number of thioether (sulfide) groups is 1. The van der Waals surface area contributed by atoms with Gasteiger partial charge in [-0.1, -0.05) is 43.8 Å². The molecule has 0 amide bonds. The first-order valence-corrected chi connectivity index (χ1v) is 7.30. The van der Waals surface area contributed by atoms with Crippen LogP contribution in [0.2, 0.25) is 0 Å². The topological polar surface area (TPSA) is 29.5 Å². The lowest BCUT2D eigenvalue weighted by Gasteiger charge is -2.16. The quantitative estimate of drug-likeness (QED) is 0.724. The molecule has 0 aliphatic heterocycles. The summed E-state index contributed by atoms with van der Waals surface area (Å²) in [6.07, 6.45) is 0. The average Bonchev–Trinajstić information content (AvgIpc) is 2.42. The van der Waals surface area contributed by atoms with Gasteiger partial charge in [-0.3, -0.25) is 4.79 Å². The van der Waals surface area contributed by atoms with Crippen LogP contribution < -0.4 is 4.74 Å². The highest BCUT2D eigenvalue weighted by atomic mass is 32.2. The normalized spacial score (nSPS) is 10.6. The van der Waals surface area contributed by atoms with Gasteiger partial charge in [-0.05, 0) is 25.2 Å². The molecule has 1 rings (SSSR count). The Labute approximate surface area is 114 Å². The van der Waals surface area contributed by atoms with Gasteiger partial charge in [0, 0.05) is 12.3 Å². The van der Waals surface area contributed by atoms with Crippen LogP contribution in [-0.2, 0) is 4.79 Å². The van der Waals surface area contributed by atoms with Crippen molar-refractivity contribution < 1.29 is 9.53 Å². The summed E-state index contributed by atoms with van der Waals surface area (Å²) >= 11 is 1.35. The van der Waals surface area contributed by atoms with Crippen molar-refractivity contribution in [1.82, 2.24) is 4.90 Å². The van der Waals surface area contributed by atoms with Gasteiger partial charge in [0.1, 0.15) is 5.75 Å². The van der Waals surface area contributed by atoms with Crippen LogP contribution in [0.15, 0.2) is 30.3 Å². The summed E-state index contributed by atoms with van der Waals surface area (Å²) in [6.45, 7) is 7.43. The lowest BCUT2D eigenvalue weighted by atomic mass is 10.3. The van der Waals surface area contributed by atoms with Crippen molar-refractivity contribution in [3.63, 3.8) is 0 Å². The summed E-state index contributed by atoms with van der Waals surface area (Å²) in [7, 11) is 0. The molecule has 0 unspecified atom stereocenters. The van der Waals surface area contributed by atoms with E-state index in [-0.39, 0.29) is 11.7 Å². The second-order valence-electron chi connectivity index (χ2n) is 3.85. The molecule has 1 aromatic rings. The monoisotopic (exact) mass is 267 g/mol. The molecule has 0 N–H and O–H groups in total. The van der Waals surface area contributed by atoms with Crippen molar-refractivity contribution in [2.24, 2.45) is 0 Å². The largest absolute Gasteiger partial charge is 0.485 e. The van der Waals surface area contributed by atoms with Crippen LogP contribution in [0.5, 0.6) is 5.75 Å². The standard InChI is InChI=1S/C14H21NO2S/c1-3-15(4-2)10-11-18-14(16)12-17-13-8-6-5-7-9-13/h5-9H,3-4,10-12H2,1-2H3. The molecule has 0 heterocycles. The van der Waals surface area contributed by atoms with E-state index >= 15 is 0 Å². The van der Waals surface area contributed by atoms with E-state index in [0.717, 1.165) is 31.1 Å². The fourth-order valence-corrected chi connectivity index (χ4v) is 2.25. The Morgan fingerprint density at radius 2 is 1.89 bits per heavy atom. The predicted octanol–water partition coefficient (Wildman–Crippen LogP) is 2.67. The third-order valence-corrected chi connectivity index (χ3v) is 3.49. The highest BCUT2D eigenvalue weighted by Crippen LogP contribution is 2.10. The number of benzene rings is 1. The van der Waals surface area contributed by atoms with Gasteiger partial charge in [-0.25, -0.2) is 0 Å². The second kappa shape index (κ2) is 9.00. The first-order chi connectivity index (χ1) is 8.76. The van der Waals surface area contributed by atoms with Crippen LogP contribution in [0, 0.1) is 0 Å². The van der Waals surface area contributed by atoms with Crippen molar-refractivity contribution in [3.8, 4) is 5.75 Å². The van der Waals surface area contributed by atoms with E-state index in [2.05, 4.69) is 18.7 Å². The summed E-state index contributed by atoms with van der Waals surface area (Å²) in [5.41, 5.74) is 0. The fraction of sp³-hybridized carbons (Fsp3) is 0.500. The molecule has 0 radical (unpaired) electrons. The SMILES string of the molecule is CCN(CC)CCSC(=O)COc1ccccc1. The lowest BCUT2D eigenvalue weighted by molar-refractivity contribution is -0.112. The molecule has 18 heavy (non-hydrogen) atoms. The molecular weight excluding hydrogens is 246 g/mol. The summed E-state index contributed by atoms with van der Waals surface area (Å²) in [5.74, 6) is 1.58. The van der Waals surface area contributed by atoms with Crippen molar-refractivity contribution in [3.05, 3.63) is 30.3 Å². The van der Waals surface area contributed by atoms with Gasteiger partial charge in [-0.2, -0.15) is 0 Å². The highest BCUT2D eigenvalue weighted by Gasteiger charge is 2.05. The van der Waals surface area contributed by atoms with Crippen LogP contribution in [0.25, 0.3) is 0 Å². The van der Waals surface area contributed by atoms with Gasteiger partial charge in [0.05, 0.1) is 0 Å². The minimum Gasteiger partial charge on any atom is -0.485 e. The lowest BCUT2D eigenvalue weighted by Crippen LogP contribution is -2.26. The van der Waals surface area contributed by atoms with Crippen LogP contribution in [-0.4, -0.2) is 42.0 Å². The molecule has 0 spiro atoms.